The van der Waals surface area contributed by atoms with Gasteiger partial charge in [-0.1, -0.05) is 72.8 Å². The van der Waals surface area contributed by atoms with Crippen LogP contribution in [-0.2, 0) is 30.4 Å². The van der Waals surface area contributed by atoms with Crippen molar-refractivity contribution in [3.05, 3.63) is 131 Å². The number of carbonyl (C=O) groups is 1. The Kier molecular flexibility index (Phi) is 7.82. The molecule has 0 saturated carbocycles. The molecule has 5 rings (SSSR count). The van der Waals surface area contributed by atoms with Gasteiger partial charge in [0.05, 0.1) is 11.1 Å². The van der Waals surface area contributed by atoms with Crippen molar-refractivity contribution in [3.63, 3.8) is 0 Å². The smallest absolute Gasteiger partial charge is 0.418 e. The molecule has 0 radical (unpaired) electrons. The summed E-state index contributed by atoms with van der Waals surface area (Å²) in [4.78, 5) is 15.1. The van der Waals surface area contributed by atoms with Gasteiger partial charge in [0.25, 0.3) is 0 Å². The number of nitrogens with zero attached hydrogens (tertiary/aromatic N) is 1. The number of halogens is 3. The van der Waals surface area contributed by atoms with Crippen molar-refractivity contribution in [1.29, 1.82) is 0 Å². The molecule has 0 atom stereocenters. The molecule has 0 amide bonds. The van der Waals surface area contributed by atoms with E-state index in [1.54, 1.807) is 12.3 Å². The second kappa shape index (κ2) is 11.6. The lowest BCUT2D eigenvalue weighted by Crippen LogP contribution is -2.07. The molecular weight excluding hydrogens is 513 g/mol. The zero-order valence-corrected chi connectivity index (χ0v) is 21.6. The average molecular weight is 541 g/mol. The normalized spacial score (nSPS) is 11.5. The third-order valence-electron chi connectivity index (χ3n) is 6.81. The third kappa shape index (κ3) is 6.31. The molecule has 202 valence electrons. The summed E-state index contributed by atoms with van der Waals surface area (Å²) in [5.41, 5.74) is 5.44. The van der Waals surface area contributed by atoms with Gasteiger partial charge in [-0.05, 0) is 70.5 Å². The minimum atomic E-state index is -4.51. The maximum atomic E-state index is 13.9. The Hall–Kier alpha value is -4.65. The van der Waals surface area contributed by atoms with Crippen LogP contribution < -0.4 is 5.32 Å². The van der Waals surface area contributed by atoms with Gasteiger partial charge in [-0.25, -0.2) is 0 Å². The number of anilines is 1. The predicted octanol–water partition coefficient (Wildman–Crippen LogP) is 8.14. The van der Waals surface area contributed by atoms with Crippen molar-refractivity contribution in [2.24, 2.45) is 0 Å². The predicted molar refractivity (Wildman–Crippen MR) is 151 cm³/mol. The Morgan fingerprint density at radius 1 is 0.825 bits per heavy atom. The highest BCUT2D eigenvalue weighted by molar-refractivity contribution is 5.98. The maximum absolute atomic E-state index is 13.9. The molecule has 40 heavy (non-hydrogen) atoms. The number of aromatic nitrogens is 1. The number of hydrogen-bond donors (Lipinski definition) is 2. The van der Waals surface area contributed by atoms with Crippen molar-refractivity contribution in [1.82, 2.24) is 4.98 Å². The standard InChI is InChI=1S/C33H27F3N2O2/c34-33(35,36)29-11-5-10-28-31(26(21-38-32(28)29)18-23-6-2-1-3-7-23)25-9-4-8-24(19-25)20-37-27-15-12-22(13-16-27)14-17-30(39)40/h1-13,15-16,19,21,37H,14,17-18,20H2,(H,39,40). The fourth-order valence-corrected chi connectivity index (χ4v) is 4.87. The first-order valence-corrected chi connectivity index (χ1v) is 12.9. The zero-order valence-electron chi connectivity index (χ0n) is 21.6. The second-order valence-corrected chi connectivity index (χ2v) is 9.66. The van der Waals surface area contributed by atoms with Crippen LogP contribution in [0.3, 0.4) is 0 Å². The summed E-state index contributed by atoms with van der Waals surface area (Å²) >= 11 is 0. The number of aryl methyl sites for hydroxylation is 1. The van der Waals surface area contributed by atoms with Crippen LogP contribution in [0.5, 0.6) is 0 Å². The Balaban J connectivity index is 1.48. The molecule has 1 heterocycles. The quantitative estimate of drug-likeness (QED) is 0.198. The first-order valence-electron chi connectivity index (χ1n) is 12.9. The fourth-order valence-electron chi connectivity index (χ4n) is 4.87. The van der Waals surface area contributed by atoms with Crippen LogP contribution in [0, 0.1) is 0 Å². The Morgan fingerprint density at radius 2 is 1.55 bits per heavy atom. The van der Waals surface area contributed by atoms with E-state index in [-0.39, 0.29) is 11.9 Å². The molecule has 0 aliphatic heterocycles. The number of rotatable bonds is 9. The Morgan fingerprint density at radius 3 is 2.27 bits per heavy atom. The van der Waals surface area contributed by atoms with Crippen LogP contribution in [0.15, 0.2) is 103 Å². The number of para-hydroxylation sites is 1. The molecule has 1 aromatic heterocycles. The lowest BCUT2D eigenvalue weighted by atomic mass is 9.91. The molecule has 0 aliphatic carbocycles. The number of nitrogens with one attached hydrogen (secondary N) is 1. The van der Waals surface area contributed by atoms with Gasteiger partial charge in [0.15, 0.2) is 0 Å². The first-order chi connectivity index (χ1) is 19.3. The summed E-state index contributed by atoms with van der Waals surface area (Å²) in [6, 6.07) is 29.4. The van der Waals surface area contributed by atoms with Crippen molar-refractivity contribution in [3.8, 4) is 11.1 Å². The van der Waals surface area contributed by atoms with Gasteiger partial charge in [0.1, 0.15) is 0 Å². The highest BCUT2D eigenvalue weighted by Gasteiger charge is 2.33. The number of hydrogen-bond acceptors (Lipinski definition) is 3. The summed E-state index contributed by atoms with van der Waals surface area (Å²) in [6.45, 7) is 0.507. The molecule has 0 fully saturated rings. The molecule has 0 spiro atoms. The fraction of sp³-hybridized carbons (Fsp3) is 0.152. The number of pyridine rings is 1. The lowest BCUT2D eigenvalue weighted by Gasteiger charge is -2.17. The van der Waals surface area contributed by atoms with Gasteiger partial charge in [0.2, 0.25) is 0 Å². The number of fused-ring (bicyclic) bond motifs is 1. The van der Waals surface area contributed by atoms with E-state index in [4.69, 9.17) is 5.11 Å². The highest BCUT2D eigenvalue weighted by atomic mass is 19.4. The van der Waals surface area contributed by atoms with E-state index in [1.165, 1.54) is 6.07 Å². The van der Waals surface area contributed by atoms with Gasteiger partial charge >= 0.3 is 12.1 Å². The maximum Gasteiger partial charge on any atom is 0.418 e. The van der Waals surface area contributed by atoms with Gasteiger partial charge in [-0.15, -0.1) is 0 Å². The second-order valence-electron chi connectivity index (χ2n) is 9.66. The number of carboxylic acid groups (broad SMARTS) is 1. The van der Waals surface area contributed by atoms with Crippen LogP contribution in [0.25, 0.3) is 22.0 Å². The minimum absolute atomic E-state index is 0.0617. The van der Waals surface area contributed by atoms with Crippen LogP contribution in [0.2, 0.25) is 0 Å². The summed E-state index contributed by atoms with van der Waals surface area (Å²) in [5.74, 6) is -0.828. The molecule has 5 aromatic rings. The molecular formula is C33H27F3N2O2. The molecule has 0 saturated heterocycles. The minimum Gasteiger partial charge on any atom is -0.481 e. The summed E-state index contributed by atoms with van der Waals surface area (Å²) in [7, 11) is 0. The zero-order chi connectivity index (χ0) is 28.1. The Bertz CT molecular complexity index is 1630. The largest absolute Gasteiger partial charge is 0.481 e. The van der Waals surface area contributed by atoms with Gasteiger partial charge in [-0.3, -0.25) is 9.78 Å². The van der Waals surface area contributed by atoms with Crippen LogP contribution in [0.1, 0.15) is 34.2 Å². The summed E-state index contributed by atoms with van der Waals surface area (Å²) in [6.07, 6.45) is -1.86. The molecule has 0 unspecified atom stereocenters. The van der Waals surface area contributed by atoms with E-state index in [9.17, 15) is 18.0 Å². The summed E-state index contributed by atoms with van der Waals surface area (Å²) < 4.78 is 41.6. The summed E-state index contributed by atoms with van der Waals surface area (Å²) in [5, 5.41) is 12.7. The van der Waals surface area contributed by atoms with E-state index < -0.39 is 17.7 Å². The van der Waals surface area contributed by atoms with Crippen molar-refractivity contribution in [2.75, 3.05) is 5.32 Å². The number of benzene rings is 4. The van der Waals surface area contributed by atoms with Crippen LogP contribution in [0.4, 0.5) is 18.9 Å². The van der Waals surface area contributed by atoms with E-state index in [0.29, 0.717) is 24.8 Å². The average Bonchev–Trinajstić information content (AvgIpc) is 2.95. The molecule has 4 nitrogen and oxygen atoms in total. The third-order valence-corrected chi connectivity index (χ3v) is 6.81. The van der Waals surface area contributed by atoms with Gasteiger partial charge in [0, 0.05) is 30.2 Å². The van der Waals surface area contributed by atoms with E-state index >= 15 is 0 Å². The molecule has 0 aliphatic rings. The molecule has 7 heteroatoms. The first kappa shape index (κ1) is 26.9. The van der Waals surface area contributed by atoms with E-state index in [0.717, 1.165) is 45.1 Å². The van der Waals surface area contributed by atoms with Crippen LogP contribution in [-0.4, -0.2) is 16.1 Å². The monoisotopic (exact) mass is 540 g/mol. The van der Waals surface area contributed by atoms with E-state index in [2.05, 4.69) is 10.3 Å². The molecule has 0 bridgehead atoms. The van der Waals surface area contributed by atoms with E-state index in [1.807, 2.05) is 78.9 Å². The van der Waals surface area contributed by atoms with Crippen molar-refractivity contribution in [2.45, 2.75) is 32.0 Å². The van der Waals surface area contributed by atoms with Gasteiger partial charge < -0.3 is 10.4 Å². The molecule has 4 aromatic carbocycles. The van der Waals surface area contributed by atoms with Crippen molar-refractivity contribution < 1.29 is 23.1 Å². The molecule has 2 N–H and O–H groups in total. The number of carboxylic acids is 1. The number of aliphatic carboxylic acids is 1. The lowest BCUT2D eigenvalue weighted by molar-refractivity contribution is -0.137. The topological polar surface area (TPSA) is 62.2 Å². The van der Waals surface area contributed by atoms with Crippen LogP contribution >= 0.6 is 0 Å². The van der Waals surface area contributed by atoms with Crippen molar-refractivity contribution >= 4 is 22.6 Å². The Labute approximate surface area is 230 Å². The van der Waals surface area contributed by atoms with Gasteiger partial charge in [-0.2, -0.15) is 13.2 Å². The SMILES string of the molecule is O=C(O)CCc1ccc(NCc2cccc(-c3c(Cc4ccccc4)cnc4c(C(F)(F)F)cccc34)c2)cc1. The number of alkyl halides is 3. The highest BCUT2D eigenvalue weighted by Crippen LogP contribution is 2.39.